The van der Waals surface area contributed by atoms with Crippen molar-refractivity contribution in [1.29, 1.82) is 0 Å². The quantitative estimate of drug-likeness (QED) is 0.236. The Morgan fingerprint density at radius 1 is 1.07 bits per heavy atom. The largest absolute Gasteiger partial charge is 0.418 e. The van der Waals surface area contributed by atoms with E-state index in [0.29, 0.717) is 22.2 Å². The number of rotatable bonds is 7. The van der Waals surface area contributed by atoms with E-state index in [0.717, 1.165) is 28.6 Å². The molecule has 0 bridgehead atoms. The molecule has 0 aliphatic carbocycles. The maximum Gasteiger partial charge on any atom is 0.418 e. The fourth-order valence-electron chi connectivity index (χ4n) is 5.57. The number of aromatic nitrogens is 2. The second-order valence-electron chi connectivity index (χ2n) is 10.2. The number of nitrogens with one attached hydrogen (secondary N) is 2. The summed E-state index contributed by atoms with van der Waals surface area (Å²) in [4.78, 5) is 18.7. The van der Waals surface area contributed by atoms with Crippen LogP contribution in [0.4, 0.5) is 24.5 Å². The first-order valence-electron chi connectivity index (χ1n) is 13.3. The molecule has 0 unspecified atom stereocenters. The van der Waals surface area contributed by atoms with Gasteiger partial charge in [0.25, 0.3) is 0 Å². The van der Waals surface area contributed by atoms with Gasteiger partial charge in [-0.2, -0.15) is 13.2 Å². The van der Waals surface area contributed by atoms with Gasteiger partial charge >= 0.3 is 6.18 Å². The number of hydrogen-bond acceptors (Lipinski definition) is 4. The molecular formula is C31H30F3N5O2S. The van der Waals surface area contributed by atoms with E-state index < -0.39 is 17.8 Å². The smallest absolute Gasteiger partial charge is 0.375 e. The first-order valence-corrected chi connectivity index (χ1v) is 13.7. The number of aryl methyl sites for hydroxylation is 2. The van der Waals surface area contributed by atoms with Gasteiger partial charge in [-0.3, -0.25) is 9.78 Å². The van der Waals surface area contributed by atoms with E-state index >= 15 is 0 Å². The van der Waals surface area contributed by atoms with Crippen LogP contribution in [0.2, 0.25) is 0 Å². The average Bonchev–Trinajstić information content (AvgIpc) is 3.44. The SMILES string of the molecule is COCC(=O)Nc1ccc(N2C(=S)N[C@@H](c3ccccn3)[C@@H]2c2cc(C)n(-c3ccccc3C(F)(F)F)c2C)cc1C. The van der Waals surface area contributed by atoms with Crippen LogP contribution in [0.5, 0.6) is 0 Å². The Morgan fingerprint density at radius 2 is 1.81 bits per heavy atom. The van der Waals surface area contributed by atoms with Gasteiger partial charge in [0.1, 0.15) is 6.61 Å². The Labute approximate surface area is 247 Å². The van der Waals surface area contributed by atoms with Crippen LogP contribution in [0.25, 0.3) is 5.69 Å². The van der Waals surface area contributed by atoms with Crippen LogP contribution in [-0.2, 0) is 15.7 Å². The van der Waals surface area contributed by atoms with E-state index in [1.165, 1.54) is 19.2 Å². The molecule has 11 heteroatoms. The number of amides is 1. The zero-order chi connectivity index (χ0) is 30.2. The number of hydrogen-bond donors (Lipinski definition) is 2. The second kappa shape index (κ2) is 11.6. The average molecular weight is 594 g/mol. The maximum atomic E-state index is 14.0. The minimum atomic E-state index is -4.52. The number of para-hydroxylation sites is 1. The summed E-state index contributed by atoms with van der Waals surface area (Å²) < 4.78 is 48.6. The molecule has 42 heavy (non-hydrogen) atoms. The predicted molar refractivity (Wildman–Crippen MR) is 160 cm³/mol. The lowest BCUT2D eigenvalue weighted by molar-refractivity contribution is -0.137. The molecule has 0 spiro atoms. The van der Waals surface area contributed by atoms with Crippen molar-refractivity contribution >= 4 is 34.6 Å². The zero-order valence-corrected chi connectivity index (χ0v) is 24.3. The standard InChI is InChI=1S/C31H30F3N5O2S/c1-18-15-21(12-13-24(18)36-27(40)17-41-4)39-29(28(37-30(39)42)25-10-7-8-14-35-25)22-16-19(2)38(20(22)3)26-11-6-5-9-23(26)31(32,33)34/h5-16,28-29H,17H2,1-4H3,(H,36,40)(H,37,42)/t28-,29-/m0/s1. The molecule has 0 radical (unpaired) electrons. The van der Waals surface area contributed by atoms with Crippen LogP contribution >= 0.6 is 12.2 Å². The van der Waals surface area contributed by atoms with Gasteiger partial charge in [-0.25, -0.2) is 0 Å². The Hall–Kier alpha value is -4.22. The molecule has 3 heterocycles. The lowest BCUT2D eigenvalue weighted by atomic mass is 9.96. The molecule has 7 nitrogen and oxygen atoms in total. The molecule has 5 rings (SSSR count). The van der Waals surface area contributed by atoms with Crippen molar-refractivity contribution in [3.05, 3.63) is 107 Å². The van der Waals surface area contributed by atoms with Gasteiger partial charge in [-0.1, -0.05) is 18.2 Å². The minimum absolute atomic E-state index is 0.0627. The van der Waals surface area contributed by atoms with Gasteiger partial charge in [-0.05, 0) is 92.6 Å². The molecule has 218 valence electrons. The first-order chi connectivity index (χ1) is 20.0. The zero-order valence-electron chi connectivity index (χ0n) is 23.5. The summed E-state index contributed by atoms with van der Waals surface area (Å²) >= 11 is 5.85. The number of thiocarbonyl (C=S) groups is 1. The summed E-state index contributed by atoms with van der Waals surface area (Å²) in [5.74, 6) is -0.272. The van der Waals surface area contributed by atoms with Crippen molar-refractivity contribution in [2.45, 2.75) is 39.0 Å². The molecule has 4 aromatic rings. The van der Waals surface area contributed by atoms with E-state index in [1.807, 2.05) is 55.1 Å². The van der Waals surface area contributed by atoms with E-state index in [1.54, 1.807) is 29.8 Å². The van der Waals surface area contributed by atoms with Crippen LogP contribution in [0.1, 0.15) is 45.9 Å². The summed E-state index contributed by atoms with van der Waals surface area (Å²) in [7, 11) is 1.45. The molecule has 1 aliphatic heterocycles. The summed E-state index contributed by atoms with van der Waals surface area (Å²) in [5, 5.41) is 6.69. The molecule has 2 atom stereocenters. The molecule has 0 saturated carbocycles. The highest BCUT2D eigenvalue weighted by Crippen LogP contribution is 2.45. The first kappa shape index (κ1) is 29.3. The number of pyridine rings is 1. The van der Waals surface area contributed by atoms with E-state index in [4.69, 9.17) is 17.0 Å². The molecule has 2 aromatic carbocycles. The molecule has 1 fully saturated rings. The highest BCUT2D eigenvalue weighted by Gasteiger charge is 2.43. The number of carbonyl (C=O) groups is 1. The summed E-state index contributed by atoms with van der Waals surface area (Å²) in [5.41, 5.74) is 4.43. The Bertz CT molecular complexity index is 1640. The molecule has 2 N–H and O–H groups in total. The van der Waals surface area contributed by atoms with Crippen LogP contribution in [0, 0.1) is 20.8 Å². The predicted octanol–water partition coefficient (Wildman–Crippen LogP) is 6.58. The normalized spacial score (nSPS) is 16.9. The highest BCUT2D eigenvalue weighted by atomic mass is 32.1. The van der Waals surface area contributed by atoms with Crippen LogP contribution in [0.3, 0.4) is 0 Å². The number of anilines is 2. The van der Waals surface area contributed by atoms with Crippen LogP contribution < -0.4 is 15.5 Å². The van der Waals surface area contributed by atoms with Crippen LogP contribution in [-0.4, -0.2) is 34.3 Å². The third kappa shape index (κ3) is 5.49. The Balaban J connectivity index is 1.64. The Morgan fingerprint density at radius 3 is 2.48 bits per heavy atom. The minimum Gasteiger partial charge on any atom is -0.375 e. The highest BCUT2D eigenvalue weighted by molar-refractivity contribution is 7.80. The number of nitrogens with zero attached hydrogens (tertiary/aromatic N) is 3. The number of ether oxygens (including phenoxy) is 1. The lowest BCUT2D eigenvalue weighted by Crippen LogP contribution is -2.29. The van der Waals surface area contributed by atoms with Gasteiger partial charge in [0.15, 0.2) is 5.11 Å². The third-order valence-electron chi connectivity index (χ3n) is 7.38. The monoisotopic (exact) mass is 593 g/mol. The summed E-state index contributed by atoms with van der Waals surface area (Å²) in [6, 6.07) is 17.9. The van der Waals surface area contributed by atoms with Gasteiger partial charge in [-0.15, -0.1) is 0 Å². The van der Waals surface area contributed by atoms with Gasteiger partial charge in [0, 0.05) is 36.1 Å². The summed E-state index contributed by atoms with van der Waals surface area (Å²) in [6.07, 6.45) is -2.82. The molecule has 1 saturated heterocycles. The fourth-order valence-corrected chi connectivity index (χ4v) is 5.92. The fraction of sp³-hybridized carbons (Fsp3) is 0.258. The molecule has 1 amide bonds. The van der Waals surface area contributed by atoms with Crippen molar-refractivity contribution < 1.29 is 22.7 Å². The van der Waals surface area contributed by atoms with Crippen molar-refractivity contribution in [3.63, 3.8) is 0 Å². The van der Waals surface area contributed by atoms with Gasteiger partial charge < -0.3 is 24.8 Å². The van der Waals surface area contributed by atoms with Gasteiger partial charge in [0.2, 0.25) is 5.91 Å². The van der Waals surface area contributed by atoms with Crippen molar-refractivity contribution in [3.8, 4) is 5.69 Å². The second-order valence-corrected chi connectivity index (χ2v) is 10.5. The topological polar surface area (TPSA) is 71.4 Å². The molecule has 1 aliphatic rings. The van der Waals surface area contributed by atoms with E-state index in [-0.39, 0.29) is 24.2 Å². The Kier molecular flexibility index (Phi) is 8.07. The number of carbonyl (C=O) groups excluding carboxylic acids is 1. The van der Waals surface area contributed by atoms with Crippen LogP contribution in [0.15, 0.2) is 72.9 Å². The lowest BCUT2D eigenvalue weighted by Gasteiger charge is -2.29. The number of halogens is 3. The van der Waals surface area contributed by atoms with E-state index in [9.17, 15) is 18.0 Å². The molecular weight excluding hydrogens is 563 g/mol. The van der Waals surface area contributed by atoms with Crippen molar-refractivity contribution in [2.24, 2.45) is 0 Å². The number of methoxy groups -OCH3 is 1. The summed E-state index contributed by atoms with van der Waals surface area (Å²) in [6.45, 7) is 5.43. The number of benzene rings is 2. The number of alkyl halides is 3. The van der Waals surface area contributed by atoms with Crippen molar-refractivity contribution in [2.75, 3.05) is 23.9 Å². The van der Waals surface area contributed by atoms with E-state index in [2.05, 4.69) is 15.6 Å². The molecule has 2 aromatic heterocycles. The third-order valence-corrected chi connectivity index (χ3v) is 7.69. The van der Waals surface area contributed by atoms with Crippen molar-refractivity contribution in [1.82, 2.24) is 14.9 Å². The van der Waals surface area contributed by atoms with Gasteiger partial charge in [0.05, 0.1) is 29.0 Å². The maximum absolute atomic E-state index is 14.0.